The van der Waals surface area contributed by atoms with Gasteiger partial charge in [-0.3, -0.25) is 0 Å². The summed E-state index contributed by atoms with van der Waals surface area (Å²) in [5, 5.41) is 0. The number of hydrogen-bond donors (Lipinski definition) is 3. The Morgan fingerprint density at radius 3 is 3.12 bits per heavy atom. The molecule has 1 aliphatic heterocycles. The molecular formula is C9H15N5O2. The highest BCUT2D eigenvalue weighted by molar-refractivity contribution is 5.41. The normalized spacial score (nSPS) is 19.7. The fourth-order valence-corrected chi connectivity index (χ4v) is 1.54. The van der Waals surface area contributed by atoms with Crippen LogP contribution in [0, 0.1) is 0 Å². The number of aromatic nitrogens is 2. The Labute approximate surface area is 93.1 Å². The predicted octanol–water partition coefficient (Wildman–Crippen LogP) is -0.0978. The van der Waals surface area contributed by atoms with E-state index in [2.05, 4.69) is 15.4 Å². The maximum atomic E-state index is 5.49. The second-order valence-corrected chi connectivity index (χ2v) is 3.54. The molecule has 7 nitrogen and oxygen atoms in total. The van der Waals surface area contributed by atoms with E-state index in [0.29, 0.717) is 18.3 Å². The summed E-state index contributed by atoms with van der Waals surface area (Å²) in [4.78, 5) is 7.79. The molecule has 0 aromatic carbocycles. The van der Waals surface area contributed by atoms with E-state index in [4.69, 9.17) is 21.1 Å². The largest absolute Gasteiger partial charge is 0.475 e. The summed E-state index contributed by atoms with van der Waals surface area (Å²) in [7, 11) is 0. The zero-order valence-electron chi connectivity index (χ0n) is 8.85. The molecule has 0 spiro atoms. The van der Waals surface area contributed by atoms with E-state index >= 15 is 0 Å². The Bertz CT molecular complexity index is 354. The van der Waals surface area contributed by atoms with E-state index in [9.17, 15) is 0 Å². The molecule has 0 bridgehead atoms. The lowest BCUT2D eigenvalue weighted by Crippen LogP contribution is -2.17. The van der Waals surface area contributed by atoms with Crippen LogP contribution in [0.3, 0.4) is 0 Å². The van der Waals surface area contributed by atoms with Crippen molar-refractivity contribution in [1.29, 1.82) is 0 Å². The maximum absolute atomic E-state index is 5.49. The molecule has 1 aromatic rings. The first-order valence-corrected chi connectivity index (χ1v) is 5.13. The van der Waals surface area contributed by atoms with Crippen LogP contribution in [-0.4, -0.2) is 29.3 Å². The van der Waals surface area contributed by atoms with Gasteiger partial charge in [0, 0.05) is 12.7 Å². The number of hydrazine groups is 1. The topological polar surface area (TPSA) is 108 Å². The molecule has 1 unspecified atom stereocenters. The number of nitrogens with one attached hydrogen (secondary N) is 1. The van der Waals surface area contributed by atoms with Crippen LogP contribution in [0.1, 0.15) is 12.8 Å². The van der Waals surface area contributed by atoms with E-state index in [1.807, 2.05) is 0 Å². The van der Waals surface area contributed by atoms with Crippen molar-refractivity contribution in [3.05, 3.63) is 6.07 Å². The number of nitrogens with zero attached hydrogens (tertiary/aromatic N) is 2. The minimum Gasteiger partial charge on any atom is -0.475 e. The molecule has 1 aliphatic rings. The molecule has 1 aromatic heterocycles. The average Bonchev–Trinajstić information content (AvgIpc) is 2.78. The van der Waals surface area contributed by atoms with Crippen molar-refractivity contribution in [3.63, 3.8) is 0 Å². The van der Waals surface area contributed by atoms with E-state index in [-0.39, 0.29) is 12.1 Å². The third-order valence-electron chi connectivity index (χ3n) is 2.31. The number of ether oxygens (including phenoxy) is 2. The second-order valence-electron chi connectivity index (χ2n) is 3.54. The summed E-state index contributed by atoms with van der Waals surface area (Å²) in [5.41, 5.74) is 7.88. The lowest BCUT2D eigenvalue weighted by Gasteiger charge is -2.11. The number of hydrogen-bond acceptors (Lipinski definition) is 7. The molecule has 16 heavy (non-hydrogen) atoms. The lowest BCUT2D eigenvalue weighted by atomic mass is 10.2. The van der Waals surface area contributed by atoms with Crippen molar-refractivity contribution >= 4 is 11.8 Å². The van der Waals surface area contributed by atoms with Gasteiger partial charge in [-0.1, -0.05) is 0 Å². The van der Waals surface area contributed by atoms with Crippen molar-refractivity contribution < 1.29 is 9.47 Å². The van der Waals surface area contributed by atoms with Gasteiger partial charge in [0.2, 0.25) is 11.8 Å². The molecule has 2 heterocycles. The average molecular weight is 225 g/mol. The zero-order valence-corrected chi connectivity index (χ0v) is 8.85. The molecule has 1 fully saturated rings. The van der Waals surface area contributed by atoms with Crippen LogP contribution in [0.15, 0.2) is 6.07 Å². The first-order valence-electron chi connectivity index (χ1n) is 5.13. The highest BCUT2D eigenvalue weighted by Crippen LogP contribution is 2.17. The van der Waals surface area contributed by atoms with Gasteiger partial charge < -0.3 is 20.6 Å². The van der Waals surface area contributed by atoms with Gasteiger partial charge in [-0.15, -0.1) is 0 Å². The van der Waals surface area contributed by atoms with Gasteiger partial charge in [-0.2, -0.15) is 9.97 Å². The minimum atomic E-state index is 0.123. The summed E-state index contributed by atoms with van der Waals surface area (Å²) in [6, 6.07) is 1.59. The Balaban J connectivity index is 1.94. The number of rotatable bonds is 4. The molecule has 1 saturated heterocycles. The van der Waals surface area contributed by atoms with Gasteiger partial charge in [-0.25, -0.2) is 5.84 Å². The van der Waals surface area contributed by atoms with Gasteiger partial charge in [0.25, 0.3) is 0 Å². The minimum absolute atomic E-state index is 0.123. The van der Waals surface area contributed by atoms with E-state index in [1.54, 1.807) is 6.07 Å². The van der Waals surface area contributed by atoms with Gasteiger partial charge in [-0.05, 0) is 12.8 Å². The van der Waals surface area contributed by atoms with Crippen molar-refractivity contribution in [2.24, 2.45) is 5.84 Å². The molecule has 0 amide bonds. The van der Waals surface area contributed by atoms with Crippen LogP contribution in [0.5, 0.6) is 5.88 Å². The van der Waals surface area contributed by atoms with Crippen LogP contribution < -0.4 is 21.7 Å². The third kappa shape index (κ3) is 2.71. The highest BCUT2D eigenvalue weighted by Gasteiger charge is 2.16. The SMILES string of the molecule is NNc1cc(OCC2CCCO2)nc(N)n1. The fraction of sp³-hybridized carbons (Fsp3) is 0.556. The van der Waals surface area contributed by atoms with E-state index in [0.717, 1.165) is 19.4 Å². The van der Waals surface area contributed by atoms with Crippen molar-refractivity contribution in [3.8, 4) is 5.88 Å². The van der Waals surface area contributed by atoms with Crippen LogP contribution in [-0.2, 0) is 4.74 Å². The molecular weight excluding hydrogens is 210 g/mol. The van der Waals surface area contributed by atoms with Crippen molar-refractivity contribution in [1.82, 2.24) is 9.97 Å². The second kappa shape index (κ2) is 4.95. The van der Waals surface area contributed by atoms with Crippen molar-refractivity contribution in [2.75, 3.05) is 24.4 Å². The zero-order chi connectivity index (χ0) is 11.4. The number of nitrogens with two attached hydrogens (primary N) is 2. The Morgan fingerprint density at radius 1 is 1.56 bits per heavy atom. The predicted molar refractivity (Wildman–Crippen MR) is 58.7 cm³/mol. The highest BCUT2D eigenvalue weighted by atomic mass is 16.5. The van der Waals surface area contributed by atoms with E-state index in [1.165, 1.54) is 0 Å². The summed E-state index contributed by atoms with van der Waals surface area (Å²) in [6.07, 6.45) is 2.24. The molecule has 0 radical (unpaired) electrons. The standard InChI is InChI=1S/C9H15N5O2/c10-9-12-7(14-11)4-8(13-9)16-5-6-2-1-3-15-6/h4,6H,1-3,5,11H2,(H3,10,12,13,14). The smallest absolute Gasteiger partial charge is 0.225 e. The van der Waals surface area contributed by atoms with Gasteiger partial charge in [0.15, 0.2) is 0 Å². The third-order valence-corrected chi connectivity index (χ3v) is 2.31. The van der Waals surface area contributed by atoms with Gasteiger partial charge in [0.05, 0.1) is 6.10 Å². The Hall–Kier alpha value is -1.60. The monoisotopic (exact) mass is 225 g/mol. The van der Waals surface area contributed by atoms with Crippen molar-refractivity contribution in [2.45, 2.75) is 18.9 Å². The number of nitrogen functional groups attached to an aromatic ring is 2. The fourth-order valence-electron chi connectivity index (χ4n) is 1.54. The maximum Gasteiger partial charge on any atom is 0.225 e. The summed E-state index contributed by atoms with van der Waals surface area (Å²) >= 11 is 0. The van der Waals surface area contributed by atoms with Crippen LogP contribution in [0.25, 0.3) is 0 Å². The molecule has 0 saturated carbocycles. The molecule has 2 rings (SSSR count). The molecule has 0 aliphatic carbocycles. The van der Waals surface area contributed by atoms with Crippen LogP contribution in [0.4, 0.5) is 11.8 Å². The summed E-state index contributed by atoms with van der Waals surface area (Å²) < 4.78 is 10.9. The van der Waals surface area contributed by atoms with E-state index < -0.39 is 0 Å². The van der Waals surface area contributed by atoms with Crippen LogP contribution in [0.2, 0.25) is 0 Å². The van der Waals surface area contributed by atoms with Gasteiger partial charge in [0.1, 0.15) is 12.4 Å². The first-order chi connectivity index (χ1) is 7.78. The number of anilines is 2. The molecule has 1 atom stereocenters. The Morgan fingerprint density at radius 2 is 2.44 bits per heavy atom. The lowest BCUT2D eigenvalue weighted by molar-refractivity contribution is 0.0664. The molecule has 88 valence electrons. The molecule has 7 heteroatoms. The van der Waals surface area contributed by atoms with Gasteiger partial charge >= 0.3 is 0 Å². The summed E-state index contributed by atoms with van der Waals surface area (Å²) in [5.74, 6) is 6.18. The Kier molecular flexibility index (Phi) is 3.37. The van der Waals surface area contributed by atoms with Crippen LogP contribution >= 0.6 is 0 Å². The molecule has 5 N–H and O–H groups in total. The quantitative estimate of drug-likeness (QED) is 0.485. The first kappa shape index (κ1) is 10.9. The summed E-state index contributed by atoms with van der Waals surface area (Å²) in [6.45, 7) is 1.27.